The monoisotopic (exact) mass is 572 g/mol. The number of halogens is 2. The van der Waals surface area contributed by atoms with E-state index in [0.29, 0.717) is 36.5 Å². The van der Waals surface area contributed by atoms with Crippen molar-refractivity contribution >= 4 is 30.4 Å². The van der Waals surface area contributed by atoms with Gasteiger partial charge in [-0.1, -0.05) is 13.8 Å². The number of aldehydes is 1. The number of fused-ring (bicyclic) bond motifs is 1. The fourth-order valence-electron chi connectivity index (χ4n) is 6.46. The zero-order chi connectivity index (χ0) is 30.6. The van der Waals surface area contributed by atoms with E-state index in [2.05, 4.69) is 31.4 Å². The van der Waals surface area contributed by atoms with Crippen LogP contribution < -0.4 is 16.4 Å². The summed E-state index contributed by atoms with van der Waals surface area (Å²) < 4.78 is 31.1. The second-order valence-electron chi connectivity index (χ2n) is 12.8. The van der Waals surface area contributed by atoms with Crippen LogP contribution in [0.3, 0.4) is 0 Å². The Morgan fingerprint density at radius 2 is 1.77 bits per heavy atom. The Morgan fingerprint density at radius 1 is 1.20 bits per heavy atom. The molecule has 0 aromatic rings. The molecule has 2 aliphatic carbocycles. The summed E-state index contributed by atoms with van der Waals surface area (Å²) in [5.74, 6) is -2.22. The lowest BCUT2D eigenvalue weighted by Gasteiger charge is -2.36. The molecule has 4 amide bonds. The number of nitrogens with zero attached hydrogens (tertiary/aromatic N) is 1. The van der Waals surface area contributed by atoms with Gasteiger partial charge in [-0.05, 0) is 64.7 Å². The number of hydrogen-bond donors (Lipinski definition) is 3. The Labute approximate surface area is 235 Å². The summed E-state index contributed by atoms with van der Waals surface area (Å²) >= 11 is 0. The van der Waals surface area contributed by atoms with E-state index in [4.69, 9.17) is 15.3 Å². The summed E-state index contributed by atoms with van der Waals surface area (Å²) in [4.78, 5) is 56.0. The lowest BCUT2D eigenvalue weighted by molar-refractivity contribution is -0.181. The van der Waals surface area contributed by atoms with Crippen LogP contribution in [-0.4, -0.2) is 77.6 Å². The maximum Gasteiger partial charge on any atom is 0.253 e. The molecule has 10 nitrogen and oxygen atoms in total. The fraction of sp³-hybridized carbons (Fsp3) is 0.821. The van der Waals surface area contributed by atoms with Crippen molar-refractivity contribution in [3.63, 3.8) is 0 Å². The van der Waals surface area contributed by atoms with Crippen LogP contribution in [0, 0.1) is 23.2 Å². The molecule has 40 heavy (non-hydrogen) atoms. The largest absolute Gasteiger partial charge is 0.374 e. The van der Waals surface area contributed by atoms with Gasteiger partial charge in [0.1, 0.15) is 12.3 Å². The van der Waals surface area contributed by atoms with Crippen molar-refractivity contribution in [3.8, 4) is 0 Å². The quantitative estimate of drug-likeness (QED) is 0.361. The predicted molar refractivity (Wildman–Crippen MR) is 144 cm³/mol. The summed E-state index contributed by atoms with van der Waals surface area (Å²) in [7, 11) is 0. The maximum atomic E-state index is 12.8. The first-order valence-electron chi connectivity index (χ1n) is 13.9. The Balaban J connectivity index is 0.000000264. The SMILES string of the molecule is CC1(C)CC(CC(NC=O)C(N)=O)C(=O)N1.CC=O.C[C@H](CC(=O)N1CC2C([C@H]1C)C2(C)C)OC1CC(F)(F)C1. The van der Waals surface area contributed by atoms with Crippen molar-refractivity contribution in [2.24, 2.45) is 28.9 Å². The number of primary amides is 1. The molecule has 0 radical (unpaired) electrons. The summed E-state index contributed by atoms with van der Waals surface area (Å²) in [5.41, 5.74) is 5.23. The van der Waals surface area contributed by atoms with E-state index in [1.165, 1.54) is 6.92 Å². The van der Waals surface area contributed by atoms with Crippen LogP contribution in [0.4, 0.5) is 8.78 Å². The minimum Gasteiger partial charge on any atom is -0.374 e. The van der Waals surface area contributed by atoms with Gasteiger partial charge in [0.25, 0.3) is 5.92 Å². The third-order valence-electron chi connectivity index (χ3n) is 8.53. The zero-order valence-electron chi connectivity index (χ0n) is 24.7. The van der Waals surface area contributed by atoms with Crippen molar-refractivity contribution in [2.75, 3.05) is 6.54 Å². The van der Waals surface area contributed by atoms with Crippen LogP contribution in [0.1, 0.15) is 80.6 Å². The highest BCUT2D eigenvalue weighted by Crippen LogP contribution is 2.64. The number of carbonyl (C=O) groups excluding carboxylic acids is 5. The van der Waals surface area contributed by atoms with Gasteiger partial charge >= 0.3 is 0 Å². The van der Waals surface area contributed by atoms with Crippen molar-refractivity contribution in [2.45, 2.75) is 116 Å². The number of ether oxygens (including phenoxy) is 1. The van der Waals surface area contributed by atoms with Crippen LogP contribution in [0.25, 0.3) is 0 Å². The standard InChI is InChI=1S/C16H25F2NO2.C10H17N3O3.C2H4O/c1-9(21-11-6-16(17,18)7-11)5-13(20)19-8-12-14(10(19)2)15(12,3)4;1-10(2)4-6(9(16)13-10)3-7(8(11)15)12-5-14;1-2-3/h9-12,14H,5-8H2,1-4H3;5-7H,3-4H2,1-2H3,(H2,11,15)(H,12,14)(H,13,16);2H,1H3/t9-,10-,12?,14?;;/m1../s1. The molecule has 0 spiro atoms. The smallest absolute Gasteiger partial charge is 0.253 e. The molecule has 0 aromatic carbocycles. The average molecular weight is 573 g/mol. The molecule has 12 heteroatoms. The van der Waals surface area contributed by atoms with Crippen molar-refractivity contribution in [1.29, 1.82) is 0 Å². The van der Waals surface area contributed by atoms with Gasteiger partial charge in [0, 0.05) is 36.9 Å². The van der Waals surface area contributed by atoms with E-state index < -0.39 is 17.9 Å². The molecular weight excluding hydrogens is 526 g/mol. The van der Waals surface area contributed by atoms with Crippen molar-refractivity contribution in [1.82, 2.24) is 15.5 Å². The summed E-state index contributed by atoms with van der Waals surface area (Å²) in [5, 5.41) is 5.14. The molecule has 4 rings (SSSR count). The number of likely N-dealkylation sites (tertiary alicyclic amines) is 1. The number of amides is 4. The molecule has 2 saturated carbocycles. The molecule has 4 unspecified atom stereocenters. The lowest BCUT2D eigenvalue weighted by atomic mass is 9.90. The maximum absolute atomic E-state index is 12.8. The first-order chi connectivity index (χ1) is 18.4. The number of hydrogen-bond acceptors (Lipinski definition) is 6. The summed E-state index contributed by atoms with van der Waals surface area (Å²) in [6, 6.07) is -0.486. The Morgan fingerprint density at radius 3 is 2.17 bits per heavy atom. The third-order valence-corrected chi connectivity index (χ3v) is 8.53. The molecule has 2 heterocycles. The average Bonchev–Trinajstić information content (AvgIpc) is 3.01. The van der Waals surface area contributed by atoms with Crippen molar-refractivity contribution < 1.29 is 37.5 Å². The Hall–Kier alpha value is -2.63. The number of alkyl halides is 2. The van der Waals surface area contributed by atoms with Crippen LogP contribution >= 0.6 is 0 Å². The molecular formula is C28H46F2N4O6. The van der Waals surface area contributed by atoms with E-state index in [9.17, 15) is 28.0 Å². The molecule has 228 valence electrons. The van der Waals surface area contributed by atoms with Crippen LogP contribution in [-0.2, 0) is 28.7 Å². The van der Waals surface area contributed by atoms with Gasteiger partial charge in [0.2, 0.25) is 24.1 Å². The topological polar surface area (TPSA) is 148 Å². The molecule has 4 aliphatic rings. The normalized spacial score (nSPS) is 30.0. The number of rotatable bonds is 9. The van der Waals surface area contributed by atoms with Gasteiger partial charge in [-0.2, -0.15) is 0 Å². The highest BCUT2D eigenvalue weighted by Gasteiger charge is 2.66. The van der Waals surface area contributed by atoms with E-state index in [0.717, 1.165) is 12.8 Å². The predicted octanol–water partition coefficient (Wildman–Crippen LogP) is 2.18. The Kier molecular flexibility index (Phi) is 10.8. The molecule has 6 atom stereocenters. The van der Waals surface area contributed by atoms with Gasteiger partial charge < -0.3 is 30.8 Å². The number of piperidine rings is 1. The van der Waals surface area contributed by atoms with E-state index >= 15 is 0 Å². The van der Waals surface area contributed by atoms with Crippen LogP contribution in [0.2, 0.25) is 0 Å². The first kappa shape index (κ1) is 33.6. The van der Waals surface area contributed by atoms with Crippen molar-refractivity contribution in [3.05, 3.63) is 0 Å². The minimum atomic E-state index is -2.56. The second kappa shape index (κ2) is 12.9. The number of carbonyl (C=O) groups is 5. The van der Waals surface area contributed by atoms with E-state index in [1.807, 2.05) is 18.7 Å². The van der Waals surface area contributed by atoms with E-state index in [1.54, 1.807) is 6.92 Å². The van der Waals surface area contributed by atoms with Gasteiger partial charge in [-0.25, -0.2) is 8.78 Å². The summed E-state index contributed by atoms with van der Waals surface area (Å²) in [6.45, 7) is 14.6. The zero-order valence-corrected chi connectivity index (χ0v) is 24.7. The highest BCUT2D eigenvalue weighted by atomic mass is 19.3. The van der Waals surface area contributed by atoms with Crippen LogP contribution in [0.15, 0.2) is 0 Å². The molecule has 4 fully saturated rings. The van der Waals surface area contributed by atoms with Gasteiger partial charge in [-0.15, -0.1) is 0 Å². The third kappa shape index (κ3) is 8.44. The fourth-order valence-corrected chi connectivity index (χ4v) is 6.46. The van der Waals surface area contributed by atoms with Gasteiger partial charge in [0.05, 0.1) is 18.6 Å². The number of nitrogens with two attached hydrogens (primary N) is 1. The highest BCUT2D eigenvalue weighted by molar-refractivity contribution is 5.85. The van der Waals surface area contributed by atoms with Crippen LogP contribution in [0.5, 0.6) is 0 Å². The molecule has 0 bridgehead atoms. The lowest BCUT2D eigenvalue weighted by Crippen LogP contribution is -2.44. The Bertz CT molecular complexity index is 951. The number of nitrogens with one attached hydrogen (secondary N) is 2. The second-order valence-corrected chi connectivity index (χ2v) is 12.8. The summed E-state index contributed by atoms with van der Waals surface area (Å²) in [6.07, 6.45) is 1.29. The molecule has 2 aliphatic heterocycles. The molecule has 4 N–H and O–H groups in total. The van der Waals surface area contributed by atoms with E-state index in [-0.39, 0.29) is 60.8 Å². The van der Waals surface area contributed by atoms with Gasteiger partial charge in [-0.3, -0.25) is 19.2 Å². The molecule has 0 aromatic heterocycles. The van der Waals surface area contributed by atoms with Gasteiger partial charge in [0.15, 0.2) is 0 Å². The minimum absolute atomic E-state index is 0.0936. The molecule has 2 saturated heterocycles. The first-order valence-corrected chi connectivity index (χ1v) is 13.9.